The average molecular weight is 467 g/mol. The fourth-order valence-electron chi connectivity index (χ4n) is 3.85. The normalized spacial score (nSPS) is 11.5. The second-order valence-corrected chi connectivity index (χ2v) is 8.94. The highest BCUT2D eigenvalue weighted by molar-refractivity contribution is 7.98. The molecule has 0 radical (unpaired) electrons. The molecule has 0 saturated carbocycles. The number of carbonyl (C=O) groups is 1. The zero-order valence-corrected chi connectivity index (χ0v) is 20.3. The quantitative estimate of drug-likeness (QED) is 0.160. The number of thioether (sulfide) groups is 1. The standard InChI is InChI=1S/C25H30N4O3S/c1-6-32-25(31)23-21(15-33-17-10-8-7-9-11-17)29(5)20-12-18(16(2)13-27-26)24(30)19(22(20)23)14-28(3)4/h7-13,30H,2,6,14-15,26H2,1,3-5H3/b27-13-. The van der Waals surface area contributed by atoms with Gasteiger partial charge in [-0.25, -0.2) is 4.79 Å². The summed E-state index contributed by atoms with van der Waals surface area (Å²) >= 11 is 1.64. The minimum absolute atomic E-state index is 0.0551. The fraction of sp³-hybridized carbons (Fsp3) is 0.280. The van der Waals surface area contributed by atoms with E-state index in [0.717, 1.165) is 16.1 Å². The highest BCUT2D eigenvalue weighted by atomic mass is 32.2. The number of allylic oxidation sites excluding steroid dienone is 1. The summed E-state index contributed by atoms with van der Waals surface area (Å²) in [6.45, 7) is 6.46. The van der Waals surface area contributed by atoms with Crippen molar-refractivity contribution in [3.05, 3.63) is 65.4 Å². The third-order valence-electron chi connectivity index (χ3n) is 5.33. The van der Waals surface area contributed by atoms with E-state index >= 15 is 0 Å². The maximum Gasteiger partial charge on any atom is 0.340 e. The molecule has 0 aliphatic carbocycles. The summed E-state index contributed by atoms with van der Waals surface area (Å²) in [6.07, 6.45) is 1.40. The van der Waals surface area contributed by atoms with Gasteiger partial charge in [-0.1, -0.05) is 24.8 Å². The monoisotopic (exact) mass is 466 g/mol. The van der Waals surface area contributed by atoms with Crippen LogP contribution in [0.3, 0.4) is 0 Å². The van der Waals surface area contributed by atoms with Crippen LogP contribution >= 0.6 is 11.8 Å². The van der Waals surface area contributed by atoms with Gasteiger partial charge in [0.2, 0.25) is 0 Å². The van der Waals surface area contributed by atoms with Gasteiger partial charge in [0.15, 0.2) is 0 Å². The molecule has 0 aliphatic rings. The molecule has 7 nitrogen and oxygen atoms in total. The van der Waals surface area contributed by atoms with Crippen LogP contribution in [0.1, 0.15) is 34.1 Å². The lowest BCUT2D eigenvalue weighted by atomic mass is 9.96. The third-order valence-corrected chi connectivity index (χ3v) is 6.36. The number of esters is 1. The Morgan fingerprint density at radius 3 is 2.64 bits per heavy atom. The van der Waals surface area contributed by atoms with Gasteiger partial charge in [-0.05, 0) is 44.8 Å². The number of nitrogens with two attached hydrogens (primary N) is 1. The number of phenolic OH excluding ortho intramolecular Hbond substituents is 1. The second kappa shape index (κ2) is 10.6. The van der Waals surface area contributed by atoms with Crippen molar-refractivity contribution < 1.29 is 14.6 Å². The maximum absolute atomic E-state index is 13.2. The molecule has 33 heavy (non-hydrogen) atoms. The third kappa shape index (κ3) is 5.07. The van der Waals surface area contributed by atoms with Crippen molar-refractivity contribution >= 4 is 40.4 Å². The number of benzene rings is 2. The molecule has 0 spiro atoms. The first-order valence-electron chi connectivity index (χ1n) is 10.6. The number of nitrogens with zero attached hydrogens (tertiary/aromatic N) is 3. The number of carbonyl (C=O) groups excluding carboxylic acids is 1. The van der Waals surface area contributed by atoms with E-state index in [1.807, 2.05) is 67.0 Å². The molecule has 0 aliphatic heterocycles. The number of hydrazone groups is 1. The largest absolute Gasteiger partial charge is 0.507 e. The molecule has 1 heterocycles. The summed E-state index contributed by atoms with van der Waals surface area (Å²) in [5.74, 6) is 5.54. The predicted molar refractivity (Wildman–Crippen MR) is 136 cm³/mol. The van der Waals surface area contributed by atoms with E-state index in [2.05, 4.69) is 11.7 Å². The summed E-state index contributed by atoms with van der Waals surface area (Å²) in [4.78, 5) is 16.2. The van der Waals surface area contributed by atoms with Crippen LogP contribution in [0.4, 0.5) is 0 Å². The number of rotatable bonds is 9. The number of hydrogen-bond acceptors (Lipinski definition) is 7. The Morgan fingerprint density at radius 1 is 1.33 bits per heavy atom. The predicted octanol–water partition coefficient (Wildman–Crippen LogP) is 4.37. The van der Waals surface area contributed by atoms with E-state index in [1.165, 1.54) is 6.21 Å². The van der Waals surface area contributed by atoms with Crippen molar-refractivity contribution in [2.45, 2.75) is 24.1 Å². The molecule has 1 aromatic heterocycles. The number of phenols is 1. The highest BCUT2D eigenvalue weighted by Crippen LogP contribution is 2.40. The lowest BCUT2D eigenvalue weighted by Crippen LogP contribution is -2.13. The molecule has 3 rings (SSSR count). The molecule has 0 fully saturated rings. The first-order chi connectivity index (χ1) is 15.8. The highest BCUT2D eigenvalue weighted by Gasteiger charge is 2.28. The molecule has 3 aromatic rings. The van der Waals surface area contributed by atoms with Crippen molar-refractivity contribution in [1.29, 1.82) is 0 Å². The van der Waals surface area contributed by atoms with Crippen LogP contribution in [-0.2, 0) is 24.1 Å². The summed E-state index contributed by atoms with van der Waals surface area (Å²) in [7, 11) is 5.74. The Kier molecular flexibility index (Phi) is 7.84. The molecule has 2 aromatic carbocycles. The Balaban J connectivity index is 2.30. The van der Waals surface area contributed by atoms with Crippen molar-refractivity contribution in [3.63, 3.8) is 0 Å². The average Bonchev–Trinajstić information content (AvgIpc) is 3.06. The number of aromatic nitrogens is 1. The molecule has 8 heteroatoms. The minimum atomic E-state index is -0.402. The maximum atomic E-state index is 13.2. The lowest BCUT2D eigenvalue weighted by Gasteiger charge is -2.17. The number of aryl methyl sites for hydroxylation is 1. The van der Waals surface area contributed by atoms with E-state index in [-0.39, 0.29) is 12.4 Å². The van der Waals surface area contributed by atoms with Crippen molar-refractivity contribution in [2.75, 3.05) is 20.7 Å². The first kappa shape index (κ1) is 24.4. The van der Waals surface area contributed by atoms with Crippen LogP contribution in [0.2, 0.25) is 0 Å². The zero-order chi connectivity index (χ0) is 24.1. The summed E-state index contributed by atoms with van der Waals surface area (Å²) in [6, 6.07) is 11.8. The molecule has 0 bridgehead atoms. The fourth-order valence-corrected chi connectivity index (χ4v) is 4.84. The molecule has 0 amide bonds. The van der Waals surface area contributed by atoms with Gasteiger partial charge in [-0.2, -0.15) is 5.10 Å². The van der Waals surface area contributed by atoms with Gasteiger partial charge < -0.3 is 25.2 Å². The lowest BCUT2D eigenvalue weighted by molar-refractivity contribution is 0.0527. The number of fused-ring (bicyclic) bond motifs is 1. The number of hydrogen-bond donors (Lipinski definition) is 2. The molecule has 0 unspecified atom stereocenters. The molecule has 0 atom stereocenters. The minimum Gasteiger partial charge on any atom is -0.507 e. The van der Waals surface area contributed by atoms with E-state index in [4.69, 9.17) is 10.6 Å². The van der Waals surface area contributed by atoms with Crippen LogP contribution in [0.25, 0.3) is 16.5 Å². The first-order valence-corrected chi connectivity index (χ1v) is 11.6. The number of ether oxygens (including phenoxy) is 1. The van der Waals surface area contributed by atoms with Crippen LogP contribution in [0.15, 0.2) is 53.0 Å². The van der Waals surface area contributed by atoms with Crippen LogP contribution in [-0.4, -0.2) is 47.5 Å². The van der Waals surface area contributed by atoms with Gasteiger partial charge in [-0.15, -0.1) is 11.8 Å². The summed E-state index contributed by atoms with van der Waals surface area (Å²) in [5, 5.41) is 15.5. The summed E-state index contributed by atoms with van der Waals surface area (Å²) < 4.78 is 7.44. The molecule has 174 valence electrons. The van der Waals surface area contributed by atoms with Gasteiger partial charge >= 0.3 is 5.97 Å². The van der Waals surface area contributed by atoms with Crippen LogP contribution in [0, 0.1) is 0 Å². The van der Waals surface area contributed by atoms with Gasteiger partial charge in [0.25, 0.3) is 0 Å². The molecular formula is C25H30N4O3S. The SMILES string of the molecule is C=C(/C=N\N)c1cc2c(c(CN(C)C)c1O)c(C(=O)OCC)c(CSc1ccccc1)n2C. The van der Waals surface area contributed by atoms with Crippen molar-refractivity contribution in [2.24, 2.45) is 18.0 Å². The van der Waals surface area contributed by atoms with Crippen molar-refractivity contribution in [3.8, 4) is 5.75 Å². The molecular weight excluding hydrogens is 436 g/mol. The zero-order valence-electron chi connectivity index (χ0n) is 19.5. The van der Waals surface area contributed by atoms with E-state index in [0.29, 0.717) is 39.9 Å². The topological polar surface area (TPSA) is 93.1 Å². The Hall–Kier alpha value is -3.23. The molecule has 0 saturated heterocycles. The molecule has 3 N–H and O–H groups in total. The van der Waals surface area contributed by atoms with Gasteiger partial charge in [0.1, 0.15) is 5.75 Å². The van der Waals surface area contributed by atoms with Gasteiger partial charge in [-0.3, -0.25) is 0 Å². The Morgan fingerprint density at radius 2 is 2.03 bits per heavy atom. The number of aromatic hydroxyl groups is 1. The van der Waals surface area contributed by atoms with E-state index in [9.17, 15) is 9.90 Å². The van der Waals surface area contributed by atoms with E-state index < -0.39 is 5.97 Å². The van der Waals surface area contributed by atoms with Crippen LogP contribution in [0.5, 0.6) is 5.75 Å². The Bertz CT molecular complexity index is 1200. The van der Waals surface area contributed by atoms with Crippen LogP contribution < -0.4 is 5.84 Å². The second-order valence-electron chi connectivity index (χ2n) is 7.89. The van der Waals surface area contributed by atoms with Crippen molar-refractivity contribution in [1.82, 2.24) is 9.47 Å². The summed E-state index contributed by atoms with van der Waals surface area (Å²) in [5.41, 5.74) is 3.75. The van der Waals surface area contributed by atoms with E-state index in [1.54, 1.807) is 18.7 Å². The van der Waals surface area contributed by atoms with Gasteiger partial charge in [0, 0.05) is 46.4 Å². The Labute approximate surface area is 198 Å². The van der Waals surface area contributed by atoms with Gasteiger partial charge in [0.05, 0.1) is 23.9 Å². The smallest absolute Gasteiger partial charge is 0.340 e.